The van der Waals surface area contributed by atoms with E-state index in [9.17, 15) is 19.5 Å². The summed E-state index contributed by atoms with van der Waals surface area (Å²) in [5.74, 6) is -1.10. The maximum atomic E-state index is 12.5. The Morgan fingerprint density at radius 2 is 1.56 bits per heavy atom. The molecule has 0 saturated carbocycles. The third kappa shape index (κ3) is 6.97. The highest BCUT2D eigenvalue weighted by molar-refractivity contribution is 5.79. The number of aliphatic carboxylic acids is 1. The summed E-state index contributed by atoms with van der Waals surface area (Å²) in [6, 6.07) is 15.5. The van der Waals surface area contributed by atoms with Crippen LogP contribution >= 0.6 is 0 Å². The molecule has 1 atom stereocenters. The molecule has 8 nitrogen and oxygen atoms in total. The molecular weight excluding hydrogens is 436 g/mol. The van der Waals surface area contributed by atoms with Crippen molar-refractivity contribution in [2.45, 2.75) is 57.6 Å². The van der Waals surface area contributed by atoms with Gasteiger partial charge in [-0.25, -0.2) is 9.59 Å². The van der Waals surface area contributed by atoms with E-state index in [-0.39, 0.29) is 18.9 Å². The lowest BCUT2D eigenvalue weighted by Gasteiger charge is -2.20. The van der Waals surface area contributed by atoms with Crippen LogP contribution in [0.2, 0.25) is 0 Å². The van der Waals surface area contributed by atoms with Crippen LogP contribution in [0.25, 0.3) is 11.1 Å². The molecule has 2 aromatic carbocycles. The third-order valence-corrected chi connectivity index (χ3v) is 5.48. The lowest BCUT2D eigenvalue weighted by atomic mass is 9.98. The Balaban J connectivity index is 1.51. The summed E-state index contributed by atoms with van der Waals surface area (Å²) in [6.45, 7) is 5.77. The third-order valence-electron chi connectivity index (χ3n) is 5.48. The minimum absolute atomic E-state index is 0.0749. The monoisotopic (exact) mass is 468 g/mol. The van der Waals surface area contributed by atoms with Crippen molar-refractivity contribution in [1.29, 1.82) is 0 Å². The topological polar surface area (TPSA) is 114 Å². The Bertz CT molecular complexity index is 984. The van der Waals surface area contributed by atoms with Gasteiger partial charge in [0, 0.05) is 18.5 Å². The molecule has 2 aromatic rings. The van der Waals surface area contributed by atoms with Crippen molar-refractivity contribution in [3.8, 4) is 11.1 Å². The number of carbonyl (C=O) groups is 3. The Morgan fingerprint density at radius 1 is 0.971 bits per heavy atom. The highest BCUT2D eigenvalue weighted by atomic mass is 16.6. The Kier molecular flexibility index (Phi) is 8.15. The number of nitrogens with one attached hydrogen (secondary N) is 2. The van der Waals surface area contributed by atoms with Gasteiger partial charge >= 0.3 is 18.2 Å². The molecule has 0 saturated heterocycles. The number of amides is 2. The first-order chi connectivity index (χ1) is 16.1. The van der Waals surface area contributed by atoms with Gasteiger partial charge in [-0.2, -0.15) is 0 Å². The van der Waals surface area contributed by atoms with Gasteiger partial charge in [0.05, 0.1) is 6.42 Å². The van der Waals surface area contributed by atoms with Crippen LogP contribution in [-0.4, -0.2) is 48.1 Å². The van der Waals surface area contributed by atoms with E-state index in [0.29, 0.717) is 19.4 Å². The number of carboxylic acid groups (broad SMARTS) is 1. The van der Waals surface area contributed by atoms with Gasteiger partial charge in [0.15, 0.2) is 0 Å². The fourth-order valence-corrected chi connectivity index (χ4v) is 4.10. The molecule has 0 heterocycles. The lowest BCUT2D eigenvalue weighted by molar-refractivity contribution is -0.137. The Morgan fingerprint density at radius 3 is 2.12 bits per heavy atom. The highest BCUT2D eigenvalue weighted by Crippen LogP contribution is 2.44. The predicted molar refractivity (Wildman–Crippen MR) is 128 cm³/mol. The number of ether oxygens (including phenoxy) is 2. The fourth-order valence-electron chi connectivity index (χ4n) is 4.10. The van der Waals surface area contributed by atoms with Crippen molar-refractivity contribution in [3.05, 3.63) is 59.7 Å². The zero-order valence-electron chi connectivity index (χ0n) is 19.8. The summed E-state index contributed by atoms with van der Waals surface area (Å²) in [5.41, 5.74) is 3.88. The van der Waals surface area contributed by atoms with Crippen molar-refractivity contribution in [1.82, 2.24) is 10.6 Å². The van der Waals surface area contributed by atoms with Gasteiger partial charge in [0.25, 0.3) is 0 Å². The molecule has 1 unspecified atom stereocenters. The molecule has 0 spiro atoms. The molecule has 1 aliphatic carbocycles. The summed E-state index contributed by atoms with van der Waals surface area (Å²) < 4.78 is 10.7. The number of carbonyl (C=O) groups excluding carboxylic acids is 2. The second-order valence-corrected chi connectivity index (χ2v) is 9.34. The number of rotatable bonds is 9. The molecule has 0 fully saturated rings. The van der Waals surface area contributed by atoms with Gasteiger partial charge in [-0.15, -0.1) is 0 Å². The first-order valence-electron chi connectivity index (χ1n) is 11.4. The van der Waals surface area contributed by atoms with Crippen molar-refractivity contribution in [2.75, 3.05) is 13.2 Å². The minimum Gasteiger partial charge on any atom is -0.481 e. The van der Waals surface area contributed by atoms with Gasteiger partial charge < -0.3 is 25.2 Å². The zero-order valence-corrected chi connectivity index (χ0v) is 19.8. The summed E-state index contributed by atoms with van der Waals surface area (Å²) in [7, 11) is 0. The smallest absolute Gasteiger partial charge is 0.407 e. The maximum Gasteiger partial charge on any atom is 0.407 e. The molecule has 0 aliphatic heterocycles. The molecular formula is C26H32N2O6. The van der Waals surface area contributed by atoms with E-state index in [1.165, 1.54) is 0 Å². The lowest BCUT2D eigenvalue weighted by Crippen LogP contribution is -2.38. The quantitative estimate of drug-likeness (QED) is 0.461. The standard InChI is InChI=1S/C26H32N2O6/c1-26(2,3)34-24(31)27-14-8-9-17(15-23(29)30)28-25(32)33-16-22-20-12-6-4-10-18(20)19-11-5-7-13-21(19)22/h4-7,10-13,17,22H,8-9,14-16H2,1-3H3,(H,27,31)(H,28,32)(H,29,30). The largest absolute Gasteiger partial charge is 0.481 e. The van der Waals surface area contributed by atoms with Crippen LogP contribution in [0.3, 0.4) is 0 Å². The first kappa shape index (κ1) is 25.1. The number of fused-ring (bicyclic) bond motifs is 3. The van der Waals surface area contributed by atoms with E-state index >= 15 is 0 Å². The average Bonchev–Trinajstić information content (AvgIpc) is 3.07. The Labute approximate surface area is 199 Å². The molecule has 0 radical (unpaired) electrons. The van der Waals surface area contributed by atoms with E-state index in [1.54, 1.807) is 20.8 Å². The van der Waals surface area contributed by atoms with Gasteiger partial charge in [0.2, 0.25) is 0 Å². The van der Waals surface area contributed by atoms with Crippen LogP contribution in [-0.2, 0) is 14.3 Å². The number of alkyl carbamates (subject to hydrolysis) is 2. The molecule has 1 aliphatic rings. The van der Waals surface area contributed by atoms with Gasteiger partial charge in [0.1, 0.15) is 12.2 Å². The van der Waals surface area contributed by atoms with Crippen LogP contribution in [0, 0.1) is 0 Å². The van der Waals surface area contributed by atoms with Crippen LogP contribution in [0.4, 0.5) is 9.59 Å². The molecule has 0 bridgehead atoms. The van der Waals surface area contributed by atoms with Gasteiger partial charge in [-0.05, 0) is 55.9 Å². The summed E-state index contributed by atoms with van der Waals surface area (Å²) in [6.07, 6.45) is -0.593. The number of carboxylic acids is 1. The summed E-state index contributed by atoms with van der Waals surface area (Å²) in [4.78, 5) is 35.5. The van der Waals surface area contributed by atoms with Crippen LogP contribution in [0.15, 0.2) is 48.5 Å². The molecule has 8 heteroatoms. The zero-order chi connectivity index (χ0) is 24.7. The van der Waals surface area contributed by atoms with Gasteiger partial charge in [-0.3, -0.25) is 4.79 Å². The van der Waals surface area contributed by atoms with E-state index in [1.807, 2.05) is 36.4 Å². The first-order valence-corrected chi connectivity index (χ1v) is 11.4. The van der Waals surface area contributed by atoms with E-state index in [4.69, 9.17) is 9.47 Å². The SMILES string of the molecule is CC(C)(C)OC(=O)NCCCC(CC(=O)O)NC(=O)OCC1c2ccccc2-c2ccccc21. The molecule has 2 amide bonds. The van der Waals surface area contributed by atoms with Crippen molar-refractivity contribution in [2.24, 2.45) is 0 Å². The fraction of sp³-hybridized carbons (Fsp3) is 0.423. The van der Waals surface area contributed by atoms with Crippen LogP contribution < -0.4 is 10.6 Å². The second-order valence-electron chi connectivity index (χ2n) is 9.34. The van der Waals surface area contributed by atoms with Crippen molar-refractivity contribution in [3.63, 3.8) is 0 Å². The molecule has 34 heavy (non-hydrogen) atoms. The minimum atomic E-state index is -1.02. The Hall–Kier alpha value is -3.55. The predicted octanol–water partition coefficient (Wildman–Crippen LogP) is 4.67. The molecule has 3 N–H and O–H groups in total. The van der Waals surface area contributed by atoms with Crippen LogP contribution in [0.1, 0.15) is 57.1 Å². The number of hydrogen-bond acceptors (Lipinski definition) is 5. The van der Waals surface area contributed by atoms with Crippen molar-refractivity contribution >= 4 is 18.2 Å². The molecule has 182 valence electrons. The summed E-state index contributed by atoms with van der Waals surface area (Å²) in [5, 5.41) is 14.5. The highest BCUT2D eigenvalue weighted by Gasteiger charge is 2.29. The average molecular weight is 469 g/mol. The second kappa shape index (κ2) is 11.0. The number of hydrogen-bond donors (Lipinski definition) is 3. The van der Waals surface area contributed by atoms with Crippen LogP contribution in [0.5, 0.6) is 0 Å². The maximum absolute atomic E-state index is 12.5. The van der Waals surface area contributed by atoms with E-state index in [2.05, 4.69) is 22.8 Å². The molecule has 3 rings (SSSR count). The van der Waals surface area contributed by atoms with Gasteiger partial charge in [-0.1, -0.05) is 48.5 Å². The molecule has 0 aromatic heterocycles. The van der Waals surface area contributed by atoms with E-state index < -0.39 is 29.8 Å². The normalized spacial score (nSPS) is 13.4. The van der Waals surface area contributed by atoms with Crippen molar-refractivity contribution < 1.29 is 29.0 Å². The number of benzene rings is 2. The van der Waals surface area contributed by atoms with E-state index in [0.717, 1.165) is 22.3 Å². The summed E-state index contributed by atoms with van der Waals surface area (Å²) >= 11 is 0.